The van der Waals surface area contributed by atoms with E-state index in [1.807, 2.05) is 11.8 Å². The van der Waals surface area contributed by atoms with Crippen LogP contribution in [0.3, 0.4) is 0 Å². The summed E-state index contributed by atoms with van der Waals surface area (Å²) in [6.45, 7) is 2.06. The first-order valence-electron chi connectivity index (χ1n) is 4.89. The maximum atomic E-state index is 11.3. The summed E-state index contributed by atoms with van der Waals surface area (Å²) in [5.41, 5.74) is 0. The maximum absolute atomic E-state index is 11.3. The van der Waals surface area contributed by atoms with E-state index in [2.05, 4.69) is 10.1 Å². The van der Waals surface area contributed by atoms with Gasteiger partial charge in [-0.2, -0.15) is 16.7 Å². The zero-order chi connectivity index (χ0) is 10.7. The summed E-state index contributed by atoms with van der Waals surface area (Å²) in [5.74, 6) is 2.47. The lowest BCUT2D eigenvalue weighted by Crippen LogP contribution is -2.07. The molecule has 82 valence electrons. The molecule has 2 heterocycles. The Morgan fingerprint density at radius 2 is 2.60 bits per heavy atom. The summed E-state index contributed by atoms with van der Waals surface area (Å²) >= 11 is 1.86. The van der Waals surface area contributed by atoms with E-state index in [4.69, 9.17) is 9.26 Å². The van der Waals surface area contributed by atoms with Crippen molar-refractivity contribution in [1.82, 2.24) is 10.1 Å². The molecule has 1 aromatic heterocycles. The van der Waals surface area contributed by atoms with Crippen molar-refractivity contribution < 1.29 is 14.1 Å². The predicted molar refractivity (Wildman–Crippen MR) is 54.9 cm³/mol. The Balaban J connectivity index is 2.06. The molecule has 5 nitrogen and oxygen atoms in total. The molecule has 0 bridgehead atoms. The Morgan fingerprint density at radius 1 is 1.73 bits per heavy atom. The van der Waals surface area contributed by atoms with Gasteiger partial charge in [-0.15, -0.1) is 0 Å². The van der Waals surface area contributed by atoms with E-state index in [1.54, 1.807) is 6.92 Å². The molecule has 15 heavy (non-hydrogen) atoms. The Morgan fingerprint density at radius 3 is 3.27 bits per heavy atom. The van der Waals surface area contributed by atoms with Crippen LogP contribution in [0.2, 0.25) is 0 Å². The van der Waals surface area contributed by atoms with Gasteiger partial charge in [-0.1, -0.05) is 0 Å². The van der Waals surface area contributed by atoms with Gasteiger partial charge >= 0.3 is 5.97 Å². The molecule has 0 N–H and O–H groups in total. The maximum Gasteiger partial charge on any atom is 0.379 e. The van der Waals surface area contributed by atoms with E-state index in [0.717, 1.165) is 17.9 Å². The first-order chi connectivity index (χ1) is 7.31. The second kappa shape index (κ2) is 4.65. The number of hydrogen-bond acceptors (Lipinski definition) is 6. The number of rotatable bonds is 3. The minimum absolute atomic E-state index is 0.0312. The fourth-order valence-electron chi connectivity index (χ4n) is 1.41. The lowest BCUT2D eigenvalue weighted by molar-refractivity contribution is 0.0508. The molecule has 1 unspecified atom stereocenters. The molecule has 1 aliphatic heterocycles. The van der Waals surface area contributed by atoms with Crippen LogP contribution in [0.15, 0.2) is 4.52 Å². The second-order valence-corrected chi connectivity index (χ2v) is 4.39. The Labute approximate surface area is 91.6 Å². The average Bonchev–Trinajstić information content (AvgIpc) is 2.89. The predicted octanol–water partition coefficient (Wildman–Crippen LogP) is 1.47. The molecular formula is C9H12N2O3S. The molecule has 0 saturated carbocycles. The van der Waals surface area contributed by atoms with Gasteiger partial charge in [0.25, 0.3) is 5.82 Å². The highest BCUT2D eigenvalue weighted by Gasteiger charge is 2.25. The molecule has 0 aromatic carbocycles. The first kappa shape index (κ1) is 10.5. The van der Waals surface area contributed by atoms with Crippen molar-refractivity contribution in [3.63, 3.8) is 0 Å². The fraction of sp³-hybridized carbons (Fsp3) is 0.667. The van der Waals surface area contributed by atoms with Gasteiger partial charge in [0, 0.05) is 11.7 Å². The average molecular weight is 228 g/mol. The van der Waals surface area contributed by atoms with Crippen LogP contribution < -0.4 is 0 Å². The third kappa shape index (κ3) is 2.31. The SMILES string of the molecule is CCOC(=O)c1noc(C2CCSC2)n1. The van der Waals surface area contributed by atoms with Crippen LogP contribution in [0.1, 0.15) is 35.8 Å². The smallest absolute Gasteiger partial charge is 0.379 e. The molecule has 6 heteroatoms. The summed E-state index contributed by atoms with van der Waals surface area (Å²) in [6, 6.07) is 0. The lowest BCUT2D eigenvalue weighted by atomic mass is 10.1. The number of nitrogens with zero attached hydrogens (tertiary/aromatic N) is 2. The molecule has 0 radical (unpaired) electrons. The quantitative estimate of drug-likeness (QED) is 0.730. The van der Waals surface area contributed by atoms with Crippen molar-refractivity contribution in [2.45, 2.75) is 19.3 Å². The van der Waals surface area contributed by atoms with Gasteiger partial charge in [-0.25, -0.2) is 4.79 Å². The highest BCUT2D eigenvalue weighted by molar-refractivity contribution is 7.99. The summed E-state index contributed by atoms with van der Waals surface area (Å²) in [6.07, 6.45) is 1.04. The Hall–Kier alpha value is -1.04. The van der Waals surface area contributed by atoms with Crippen LogP contribution in [-0.2, 0) is 4.74 Å². The van der Waals surface area contributed by atoms with E-state index in [9.17, 15) is 4.79 Å². The number of aromatic nitrogens is 2. The molecular weight excluding hydrogens is 216 g/mol. The van der Waals surface area contributed by atoms with Crippen LogP contribution in [0.25, 0.3) is 0 Å². The first-order valence-corrected chi connectivity index (χ1v) is 6.05. The third-order valence-corrected chi connectivity index (χ3v) is 3.34. The number of hydrogen-bond donors (Lipinski definition) is 0. The molecule has 0 spiro atoms. The summed E-state index contributed by atoms with van der Waals surface area (Å²) < 4.78 is 9.82. The topological polar surface area (TPSA) is 65.2 Å². The lowest BCUT2D eigenvalue weighted by Gasteiger charge is -1.98. The molecule has 1 atom stereocenters. The minimum Gasteiger partial charge on any atom is -0.460 e. The summed E-state index contributed by atoms with van der Waals surface area (Å²) in [5, 5.41) is 3.61. The zero-order valence-corrected chi connectivity index (χ0v) is 9.25. The van der Waals surface area contributed by atoms with E-state index in [-0.39, 0.29) is 5.82 Å². The van der Waals surface area contributed by atoms with Crippen molar-refractivity contribution in [2.24, 2.45) is 0 Å². The largest absolute Gasteiger partial charge is 0.460 e. The van der Waals surface area contributed by atoms with Crippen LogP contribution in [0.4, 0.5) is 0 Å². The normalized spacial score (nSPS) is 20.5. The van der Waals surface area contributed by atoms with Gasteiger partial charge in [-0.3, -0.25) is 0 Å². The highest BCUT2D eigenvalue weighted by atomic mass is 32.2. The van der Waals surface area contributed by atoms with Gasteiger partial charge < -0.3 is 9.26 Å². The van der Waals surface area contributed by atoms with Gasteiger partial charge in [-0.05, 0) is 24.3 Å². The van der Waals surface area contributed by atoms with Crippen molar-refractivity contribution in [3.05, 3.63) is 11.7 Å². The van der Waals surface area contributed by atoms with Crippen molar-refractivity contribution in [3.8, 4) is 0 Å². The van der Waals surface area contributed by atoms with E-state index in [0.29, 0.717) is 18.4 Å². The van der Waals surface area contributed by atoms with Gasteiger partial charge in [0.1, 0.15) is 0 Å². The molecule has 1 saturated heterocycles. The van der Waals surface area contributed by atoms with Gasteiger partial charge in [0.15, 0.2) is 0 Å². The van der Waals surface area contributed by atoms with E-state index >= 15 is 0 Å². The van der Waals surface area contributed by atoms with Crippen molar-refractivity contribution in [1.29, 1.82) is 0 Å². The van der Waals surface area contributed by atoms with Gasteiger partial charge in [0.05, 0.1) is 6.61 Å². The van der Waals surface area contributed by atoms with E-state index < -0.39 is 5.97 Å². The molecule has 0 aliphatic carbocycles. The summed E-state index contributed by atoms with van der Waals surface area (Å²) in [7, 11) is 0. The van der Waals surface area contributed by atoms with Crippen molar-refractivity contribution in [2.75, 3.05) is 18.1 Å². The number of carbonyl (C=O) groups is 1. The molecule has 1 fully saturated rings. The Kier molecular flexibility index (Phi) is 3.25. The monoisotopic (exact) mass is 228 g/mol. The number of ether oxygens (including phenoxy) is 1. The van der Waals surface area contributed by atoms with Crippen LogP contribution >= 0.6 is 11.8 Å². The van der Waals surface area contributed by atoms with Crippen LogP contribution in [0, 0.1) is 0 Å². The number of thioether (sulfide) groups is 1. The van der Waals surface area contributed by atoms with Crippen LogP contribution in [0.5, 0.6) is 0 Å². The minimum atomic E-state index is -0.516. The second-order valence-electron chi connectivity index (χ2n) is 3.24. The zero-order valence-electron chi connectivity index (χ0n) is 8.43. The summed E-state index contributed by atoms with van der Waals surface area (Å²) in [4.78, 5) is 15.3. The molecule has 2 rings (SSSR count). The van der Waals surface area contributed by atoms with Gasteiger partial charge in [0.2, 0.25) is 5.89 Å². The third-order valence-electron chi connectivity index (χ3n) is 2.18. The van der Waals surface area contributed by atoms with E-state index in [1.165, 1.54) is 0 Å². The fourth-order valence-corrected chi connectivity index (χ4v) is 2.62. The Bertz CT molecular complexity index is 347. The molecule has 0 amide bonds. The van der Waals surface area contributed by atoms with Crippen molar-refractivity contribution >= 4 is 17.7 Å². The molecule has 1 aromatic rings. The molecule has 1 aliphatic rings. The number of carbonyl (C=O) groups excluding carboxylic acids is 1. The van der Waals surface area contributed by atoms with Crippen LogP contribution in [-0.4, -0.2) is 34.2 Å². The number of esters is 1. The highest BCUT2D eigenvalue weighted by Crippen LogP contribution is 2.31. The standard InChI is InChI=1S/C9H12N2O3S/c1-2-13-9(12)7-10-8(14-11-7)6-3-4-15-5-6/h6H,2-5H2,1H3.